The molecule has 0 radical (unpaired) electrons. The zero-order chi connectivity index (χ0) is 15.4. The first-order chi connectivity index (χ1) is 10.1. The number of nitrogens with two attached hydrogens (primary N) is 1. The van der Waals surface area contributed by atoms with Crippen LogP contribution in [0.4, 0.5) is 5.69 Å². The van der Waals surface area contributed by atoms with E-state index in [-0.39, 0.29) is 5.91 Å². The largest absolute Gasteiger partial charge is 0.495 e. The average molecular weight is 325 g/mol. The topological polar surface area (TPSA) is 55.6 Å². The van der Waals surface area contributed by atoms with Gasteiger partial charge in [0.1, 0.15) is 5.75 Å². The molecular formula is C15H17ClN2O2S. The van der Waals surface area contributed by atoms with Gasteiger partial charge in [-0.05, 0) is 31.2 Å². The van der Waals surface area contributed by atoms with Gasteiger partial charge >= 0.3 is 0 Å². The summed E-state index contributed by atoms with van der Waals surface area (Å²) in [7, 11) is 1.53. The summed E-state index contributed by atoms with van der Waals surface area (Å²) in [5.41, 5.74) is 6.82. The van der Waals surface area contributed by atoms with Gasteiger partial charge in [-0.15, -0.1) is 11.3 Å². The first-order valence-corrected chi connectivity index (χ1v) is 7.72. The first-order valence-electron chi connectivity index (χ1n) is 6.52. The second-order valence-corrected chi connectivity index (χ2v) is 6.25. The van der Waals surface area contributed by atoms with Gasteiger partial charge in [0.05, 0.1) is 29.2 Å². The van der Waals surface area contributed by atoms with Crippen molar-refractivity contribution in [2.75, 3.05) is 19.4 Å². The van der Waals surface area contributed by atoms with Crippen LogP contribution in [-0.2, 0) is 6.54 Å². The van der Waals surface area contributed by atoms with Crippen molar-refractivity contribution in [1.29, 1.82) is 0 Å². The van der Waals surface area contributed by atoms with Gasteiger partial charge in [-0.2, -0.15) is 0 Å². The van der Waals surface area contributed by atoms with Crippen molar-refractivity contribution in [2.24, 2.45) is 0 Å². The summed E-state index contributed by atoms with van der Waals surface area (Å²) in [4.78, 5) is 15.4. The molecule has 1 heterocycles. The molecule has 0 saturated heterocycles. The van der Waals surface area contributed by atoms with Gasteiger partial charge in [-0.3, -0.25) is 4.79 Å². The van der Waals surface area contributed by atoms with Gasteiger partial charge in [0.25, 0.3) is 5.91 Å². The number of amides is 1. The second-order valence-electron chi connectivity index (χ2n) is 4.45. The molecular weight excluding hydrogens is 308 g/mol. The van der Waals surface area contributed by atoms with Crippen molar-refractivity contribution in [3.8, 4) is 5.75 Å². The summed E-state index contributed by atoms with van der Waals surface area (Å²) in [6, 6.07) is 8.97. The summed E-state index contributed by atoms with van der Waals surface area (Å²) >= 11 is 7.40. The van der Waals surface area contributed by atoms with E-state index >= 15 is 0 Å². The van der Waals surface area contributed by atoms with Crippen LogP contribution in [0.3, 0.4) is 0 Å². The van der Waals surface area contributed by atoms with E-state index in [1.165, 1.54) is 18.4 Å². The predicted octanol–water partition coefficient (Wildman–Crippen LogP) is 3.65. The third-order valence-electron chi connectivity index (χ3n) is 3.16. The standard InChI is InChI=1S/C15H17ClN2O2S/c1-3-18(9-10-7-8-13(16)21-10)15(19)11-5-4-6-12(20-2)14(11)17/h4-8H,3,9,17H2,1-2H3. The van der Waals surface area contributed by atoms with Crippen molar-refractivity contribution >= 4 is 34.5 Å². The van der Waals surface area contributed by atoms with Crippen LogP contribution in [0.15, 0.2) is 30.3 Å². The highest BCUT2D eigenvalue weighted by Crippen LogP contribution is 2.27. The molecule has 0 fully saturated rings. The average Bonchev–Trinajstić information content (AvgIpc) is 2.89. The molecule has 21 heavy (non-hydrogen) atoms. The summed E-state index contributed by atoms with van der Waals surface area (Å²) in [5, 5.41) is 0. The van der Waals surface area contributed by atoms with Crippen molar-refractivity contribution in [2.45, 2.75) is 13.5 Å². The molecule has 2 N–H and O–H groups in total. The van der Waals surface area contributed by atoms with Gasteiger partial charge in [-0.1, -0.05) is 17.7 Å². The minimum atomic E-state index is -0.113. The lowest BCUT2D eigenvalue weighted by molar-refractivity contribution is 0.0755. The third-order valence-corrected chi connectivity index (χ3v) is 4.38. The highest BCUT2D eigenvalue weighted by Gasteiger charge is 2.19. The van der Waals surface area contributed by atoms with Crippen LogP contribution >= 0.6 is 22.9 Å². The molecule has 1 aromatic carbocycles. The number of anilines is 1. The number of nitrogens with zero attached hydrogens (tertiary/aromatic N) is 1. The molecule has 0 aliphatic carbocycles. The fraction of sp³-hybridized carbons (Fsp3) is 0.267. The van der Waals surface area contributed by atoms with Crippen molar-refractivity contribution < 1.29 is 9.53 Å². The van der Waals surface area contributed by atoms with Gasteiger partial charge in [0, 0.05) is 11.4 Å². The number of ether oxygens (including phenoxy) is 1. The number of hydrogen-bond acceptors (Lipinski definition) is 4. The maximum Gasteiger partial charge on any atom is 0.256 e. The molecule has 1 aromatic heterocycles. The summed E-state index contributed by atoms with van der Waals surface area (Å²) in [6.45, 7) is 3.04. The Balaban J connectivity index is 2.24. The highest BCUT2D eigenvalue weighted by atomic mass is 35.5. The number of carbonyl (C=O) groups is 1. The lowest BCUT2D eigenvalue weighted by Crippen LogP contribution is -2.30. The Hall–Kier alpha value is -1.72. The smallest absolute Gasteiger partial charge is 0.256 e. The first kappa shape index (κ1) is 15.7. The Kier molecular flexibility index (Phi) is 5.09. The number of para-hydroxylation sites is 1. The highest BCUT2D eigenvalue weighted by molar-refractivity contribution is 7.16. The Morgan fingerprint density at radius 3 is 2.71 bits per heavy atom. The van der Waals surface area contributed by atoms with Crippen molar-refractivity contribution in [1.82, 2.24) is 4.90 Å². The van der Waals surface area contributed by atoms with E-state index < -0.39 is 0 Å². The molecule has 0 aliphatic rings. The molecule has 0 bridgehead atoms. The number of benzene rings is 1. The molecule has 0 unspecified atom stereocenters. The SMILES string of the molecule is CCN(Cc1ccc(Cl)s1)C(=O)c1cccc(OC)c1N. The zero-order valence-electron chi connectivity index (χ0n) is 11.9. The van der Waals surface area contributed by atoms with E-state index in [4.69, 9.17) is 22.1 Å². The molecule has 0 saturated carbocycles. The molecule has 0 spiro atoms. The monoisotopic (exact) mass is 324 g/mol. The number of thiophene rings is 1. The fourth-order valence-corrected chi connectivity index (χ4v) is 3.13. The van der Waals surface area contributed by atoms with Crippen LogP contribution in [0.2, 0.25) is 4.34 Å². The lowest BCUT2D eigenvalue weighted by Gasteiger charge is -2.21. The minimum Gasteiger partial charge on any atom is -0.495 e. The molecule has 112 valence electrons. The lowest BCUT2D eigenvalue weighted by atomic mass is 10.1. The van der Waals surface area contributed by atoms with E-state index in [1.807, 2.05) is 19.1 Å². The molecule has 0 aliphatic heterocycles. The Morgan fingerprint density at radius 1 is 1.38 bits per heavy atom. The van der Waals surface area contributed by atoms with Gasteiger partial charge < -0.3 is 15.4 Å². The van der Waals surface area contributed by atoms with E-state index in [1.54, 1.807) is 23.1 Å². The van der Waals surface area contributed by atoms with Crippen molar-refractivity contribution in [3.63, 3.8) is 0 Å². The third kappa shape index (κ3) is 3.49. The Labute approximate surface area is 133 Å². The van der Waals surface area contributed by atoms with E-state index in [0.717, 1.165) is 9.21 Å². The molecule has 0 atom stereocenters. The van der Waals surface area contributed by atoms with Gasteiger partial charge in [-0.25, -0.2) is 0 Å². The number of hydrogen-bond donors (Lipinski definition) is 1. The van der Waals surface area contributed by atoms with Crippen LogP contribution in [-0.4, -0.2) is 24.5 Å². The van der Waals surface area contributed by atoms with E-state index in [2.05, 4.69) is 0 Å². The molecule has 6 heteroatoms. The van der Waals surface area contributed by atoms with Crippen LogP contribution in [0, 0.1) is 0 Å². The predicted molar refractivity (Wildman–Crippen MR) is 87.1 cm³/mol. The number of rotatable bonds is 5. The van der Waals surface area contributed by atoms with Gasteiger partial charge in [0.2, 0.25) is 0 Å². The van der Waals surface area contributed by atoms with Crippen LogP contribution < -0.4 is 10.5 Å². The summed E-state index contributed by atoms with van der Waals surface area (Å²) in [5.74, 6) is 0.398. The van der Waals surface area contributed by atoms with Gasteiger partial charge in [0.15, 0.2) is 0 Å². The maximum absolute atomic E-state index is 12.6. The van der Waals surface area contributed by atoms with E-state index in [9.17, 15) is 4.79 Å². The molecule has 2 aromatic rings. The number of methoxy groups -OCH3 is 1. The maximum atomic E-state index is 12.6. The second kappa shape index (κ2) is 6.83. The van der Waals surface area contributed by atoms with Crippen LogP contribution in [0.25, 0.3) is 0 Å². The summed E-state index contributed by atoms with van der Waals surface area (Å²) in [6.07, 6.45) is 0. The number of halogens is 1. The quantitative estimate of drug-likeness (QED) is 0.854. The minimum absolute atomic E-state index is 0.113. The zero-order valence-corrected chi connectivity index (χ0v) is 13.5. The summed E-state index contributed by atoms with van der Waals surface area (Å²) < 4.78 is 5.88. The Bertz CT molecular complexity index is 642. The number of carbonyl (C=O) groups excluding carboxylic acids is 1. The van der Waals surface area contributed by atoms with Crippen molar-refractivity contribution in [3.05, 3.63) is 45.1 Å². The normalized spacial score (nSPS) is 10.4. The molecule has 4 nitrogen and oxygen atoms in total. The molecule has 1 amide bonds. The fourth-order valence-electron chi connectivity index (χ4n) is 2.03. The molecule has 2 rings (SSSR count). The van der Waals surface area contributed by atoms with E-state index in [0.29, 0.717) is 30.1 Å². The van der Waals surface area contributed by atoms with Crippen LogP contribution in [0.1, 0.15) is 22.2 Å². The Morgan fingerprint density at radius 2 is 2.14 bits per heavy atom. The number of nitrogen functional groups attached to an aromatic ring is 1. The van der Waals surface area contributed by atoms with Crippen LogP contribution in [0.5, 0.6) is 5.75 Å².